The van der Waals surface area contributed by atoms with Crippen molar-refractivity contribution in [3.8, 4) is 22.9 Å². The van der Waals surface area contributed by atoms with Crippen molar-refractivity contribution in [3.05, 3.63) is 74.4 Å². The van der Waals surface area contributed by atoms with Crippen LogP contribution < -0.4 is 15.5 Å². The molecule has 1 heterocycles. The Labute approximate surface area is 198 Å². The fourth-order valence-electron chi connectivity index (χ4n) is 4.61. The third-order valence-electron chi connectivity index (χ3n) is 6.35. The van der Waals surface area contributed by atoms with Crippen LogP contribution in [0.4, 0.5) is 5.82 Å². The number of nitrogen functional groups attached to an aromatic ring is 1. The van der Waals surface area contributed by atoms with E-state index in [1.54, 1.807) is 0 Å². The van der Waals surface area contributed by atoms with Gasteiger partial charge in [-0.2, -0.15) is 5.26 Å². The molecule has 0 aliphatic heterocycles. The number of H-pyrrole nitrogens is 1. The molecule has 32 heavy (non-hydrogen) atoms. The molecule has 0 atom stereocenters. The summed E-state index contributed by atoms with van der Waals surface area (Å²) < 4.78 is 7.10. The van der Waals surface area contributed by atoms with E-state index in [0.29, 0.717) is 18.0 Å². The lowest BCUT2D eigenvalue weighted by molar-refractivity contribution is -0.374. The minimum Gasteiger partial charge on any atom is -0.489 e. The second kappa shape index (κ2) is 9.75. The predicted molar refractivity (Wildman–Crippen MR) is 131 cm³/mol. The summed E-state index contributed by atoms with van der Waals surface area (Å²) in [6, 6.07) is 14.6. The van der Waals surface area contributed by atoms with E-state index in [-0.39, 0.29) is 0 Å². The molecule has 0 spiro atoms. The van der Waals surface area contributed by atoms with Gasteiger partial charge in [0, 0.05) is 22.0 Å². The molecule has 0 radical (unpaired) electrons. The van der Waals surface area contributed by atoms with Crippen molar-refractivity contribution >= 4 is 21.7 Å². The van der Waals surface area contributed by atoms with E-state index in [2.05, 4.69) is 53.0 Å². The van der Waals surface area contributed by atoms with Crippen LogP contribution in [0.25, 0.3) is 11.1 Å². The average molecular weight is 491 g/mol. The second-order valence-electron chi connectivity index (χ2n) is 8.61. The molecule has 5 heteroatoms. The second-order valence-corrected chi connectivity index (χ2v) is 9.52. The van der Waals surface area contributed by atoms with Gasteiger partial charge in [0.15, 0.2) is 0 Å². The maximum atomic E-state index is 10.00. The van der Waals surface area contributed by atoms with E-state index >= 15 is 0 Å². The van der Waals surface area contributed by atoms with E-state index in [4.69, 9.17) is 10.5 Å². The number of aryl methyl sites for hydroxylation is 3. The predicted octanol–water partition coefficient (Wildman–Crippen LogP) is 6.24. The van der Waals surface area contributed by atoms with Crippen LogP contribution in [0.2, 0.25) is 0 Å². The highest BCUT2D eigenvalue weighted by molar-refractivity contribution is 9.10. The molecule has 2 aromatic carbocycles. The number of nitriles is 1. The summed E-state index contributed by atoms with van der Waals surface area (Å²) in [6.45, 7) is 4.70. The first-order valence-corrected chi connectivity index (χ1v) is 12.0. The normalized spacial score (nSPS) is 13.6. The van der Waals surface area contributed by atoms with Gasteiger partial charge in [-0.15, -0.1) is 0 Å². The number of aromatic amines is 1. The topological polar surface area (TPSA) is 73.2 Å². The molecule has 3 aromatic rings. The van der Waals surface area contributed by atoms with Gasteiger partial charge in [-0.25, -0.2) is 4.98 Å². The summed E-state index contributed by atoms with van der Waals surface area (Å²) in [5.74, 6) is 1.30. The molecule has 4 rings (SSSR count). The van der Waals surface area contributed by atoms with E-state index in [9.17, 15) is 5.26 Å². The lowest BCUT2D eigenvalue weighted by Crippen LogP contribution is -2.23. The Morgan fingerprint density at radius 1 is 1.03 bits per heavy atom. The van der Waals surface area contributed by atoms with Crippen molar-refractivity contribution < 1.29 is 9.72 Å². The molecule has 1 aromatic heterocycles. The minimum absolute atomic E-state index is 0.467. The van der Waals surface area contributed by atoms with Crippen molar-refractivity contribution in [1.29, 1.82) is 5.26 Å². The minimum atomic E-state index is 0.467. The van der Waals surface area contributed by atoms with Gasteiger partial charge in [-0.05, 0) is 85.7 Å². The molecule has 164 valence electrons. The van der Waals surface area contributed by atoms with Crippen molar-refractivity contribution in [3.63, 3.8) is 0 Å². The molecule has 0 fully saturated rings. The molecule has 0 bridgehead atoms. The number of anilines is 1. The van der Waals surface area contributed by atoms with Crippen LogP contribution in [0, 0.1) is 25.2 Å². The number of ether oxygens (including phenoxy) is 1. The number of nitrogens with two attached hydrogens (primary N) is 1. The van der Waals surface area contributed by atoms with Gasteiger partial charge in [0.1, 0.15) is 29.7 Å². The summed E-state index contributed by atoms with van der Waals surface area (Å²) >= 11 is 3.46. The number of benzene rings is 2. The molecule has 0 saturated carbocycles. The molecule has 0 unspecified atom stereocenters. The number of nitrogens with one attached hydrogen (secondary N) is 1. The standard InChI is InChI=1S/C27H28BrN3O/c1-17-13-18(2)23(14-19(17)16-32-21-11-9-20(28)10-12-21)26-22-7-5-3-4-6-8-25(22)31-27(30)24(26)15-29/h9-14H,3-8,16H2,1-2H3,(H2,30,31)/p+1. The smallest absolute Gasteiger partial charge is 0.289 e. The maximum Gasteiger partial charge on any atom is 0.289 e. The Kier molecular flexibility index (Phi) is 6.81. The Hall–Kier alpha value is -2.84. The molecular formula is C27H29BrN3O+. The van der Waals surface area contributed by atoms with Crippen LogP contribution in [0.5, 0.6) is 5.75 Å². The molecule has 3 N–H and O–H groups in total. The van der Waals surface area contributed by atoms with Crippen molar-refractivity contribution in [2.75, 3.05) is 5.73 Å². The highest BCUT2D eigenvalue weighted by Crippen LogP contribution is 2.36. The van der Waals surface area contributed by atoms with Crippen LogP contribution in [0.1, 0.15) is 59.2 Å². The maximum absolute atomic E-state index is 10.00. The van der Waals surface area contributed by atoms with E-state index < -0.39 is 0 Å². The van der Waals surface area contributed by atoms with Crippen molar-refractivity contribution in [2.45, 2.75) is 59.0 Å². The molecular weight excluding hydrogens is 462 g/mol. The number of nitrogens with zero attached hydrogens (tertiary/aromatic N) is 1. The molecule has 1 aliphatic rings. The fraction of sp³-hybridized carbons (Fsp3) is 0.333. The van der Waals surface area contributed by atoms with Crippen molar-refractivity contribution in [2.24, 2.45) is 0 Å². The SMILES string of the molecule is Cc1cc(C)c(-c2c(C#N)c(N)[nH+]c3c2CCCCCC3)cc1COc1ccc(Br)cc1. The van der Waals surface area contributed by atoms with Gasteiger partial charge >= 0.3 is 0 Å². The third-order valence-corrected chi connectivity index (χ3v) is 6.88. The highest BCUT2D eigenvalue weighted by Gasteiger charge is 2.25. The number of fused-ring (bicyclic) bond motifs is 1. The summed E-state index contributed by atoms with van der Waals surface area (Å²) in [5.41, 5.74) is 14.9. The molecule has 4 nitrogen and oxygen atoms in total. The van der Waals surface area contributed by atoms with Crippen molar-refractivity contribution in [1.82, 2.24) is 0 Å². The van der Waals surface area contributed by atoms with Gasteiger partial charge in [0.05, 0.1) is 0 Å². The third kappa shape index (κ3) is 4.66. The van der Waals surface area contributed by atoms with Crippen LogP contribution >= 0.6 is 15.9 Å². The first kappa shape index (κ1) is 22.4. The van der Waals surface area contributed by atoms with Gasteiger partial charge in [0.25, 0.3) is 5.82 Å². The molecule has 0 amide bonds. The first-order valence-electron chi connectivity index (χ1n) is 11.2. The summed E-state index contributed by atoms with van der Waals surface area (Å²) in [5, 5.41) is 10.00. The first-order chi connectivity index (χ1) is 15.5. The lowest BCUT2D eigenvalue weighted by atomic mass is 9.85. The van der Waals surface area contributed by atoms with Crippen LogP contribution in [0.3, 0.4) is 0 Å². The van der Waals surface area contributed by atoms with Gasteiger partial charge in [0.2, 0.25) is 0 Å². The largest absolute Gasteiger partial charge is 0.489 e. The summed E-state index contributed by atoms with van der Waals surface area (Å²) in [4.78, 5) is 3.35. The number of rotatable bonds is 4. The monoisotopic (exact) mass is 490 g/mol. The van der Waals surface area contributed by atoms with E-state index in [0.717, 1.165) is 58.2 Å². The number of aromatic nitrogens is 1. The Morgan fingerprint density at radius 2 is 1.75 bits per heavy atom. The fourth-order valence-corrected chi connectivity index (χ4v) is 4.87. The summed E-state index contributed by atoms with van der Waals surface area (Å²) in [7, 11) is 0. The van der Waals surface area contributed by atoms with Gasteiger partial charge < -0.3 is 4.74 Å². The highest BCUT2D eigenvalue weighted by atomic mass is 79.9. The summed E-state index contributed by atoms with van der Waals surface area (Å²) in [6.07, 6.45) is 6.69. The van der Waals surface area contributed by atoms with Gasteiger partial charge in [-0.1, -0.05) is 34.8 Å². The van der Waals surface area contributed by atoms with E-state index in [1.165, 1.54) is 29.7 Å². The Morgan fingerprint density at radius 3 is 2.47 bits per heavy atom. The van der Waals surface area contributed by atoms with Crippen LogP contribution in [0.15, 0.2) is 40.9 Å². The quantitative estimate of drug-likeness (QED) is 0.470. The average Bonchev–Trinajstić information content (AvgIpc) is 2.75. The van der Waals surface area contributed by atoms with Gasteiger partial charge in [-0.3, -0.25) is 5.73 Å². The Balaban J connectivity index is 1.80. The number of hydrogen-bond acceptors (Lipinski definition) is 3. The Bertz CT molecular complexity index is 1180. The number of hydrogen-bond donors (Lipinski definition) is 1. The lowest BCUT2D eigenvalue weighted by Gasteiger charge is -2.20. The zero-order valence-electron chi connectivity index (χ0n) is 18.7. The van der Waals surface area contributed by atoms with Crippen LogP contribution in [-0.2, 0) is 19.4 Å². The zero-order chi connectivity index (χ0) is 22.7. The number of halogens is 1. The number of pyridine rings is 1. The molecule has 0 saturated heterocycles. The molecule has 1 aliphatic carbocycles. The zero-order valence-corrected chi connectivity index (χ0v) is 20.3. The van der Waals surface area contributed by atoms with E-state index in [1.807, 2.05) is 24.3 Å². The van der Waals surface area contributed by atoms with Crippen LogP contribution in [-0.4, -0.2) is 0 Å².